The summed E-state index contributed by atoms with van der Waals surface area (Å²) in [6.07, 6.45) is 9.80. The van der Waals surface area contributed by atoms with Gasteiger partial charge in [-0.2, -0.15) is 10.2 Å². The SMILES string of the molecule is COC1CCC(Nc2ncc(C#N)c(NC3CCC3)n2)CC1. The summed E-state index contributed by atoms with van der Waals surface area (Å²) in [6, 6.07) is 3.00. The molecule has 0 bridgehead atoms. The number of rotatable bonds is 5. The van der Waals surface area contributed by atoms with Gasteiger partial charge >= 0.3 is 0 Å². The van der Waals surface area contributed by atoms with Crippen LogP contribution in [0.5, 0.6) is 0 Å². The van der Waals surface area contributed by atoms with Crippen molar-refractivity contribution >= 4 is 11.8 Å². The van der Waals surface area contributed by atoms with Crippen LogP contribution in [0, 0.1) is 11.3 Å². The van der Waals surface area contributed by atoms with Crippen LogP contribution in [0.1, 0.15) is 50.5 Å². The van der Waals surface area contributed by atoms with Gasteiger partial charge in [0.2, 0.25) is 5.95 Å². The molecule has 2 fully saturated rings. The van der Waals surface area contributed by atoms with Crippen LogP contribution in [0.2, 0.25) is 0 Å². The van der Waals surface area contributed by atoms with Crippen LogP contribution in [0.4, 0.5) is 11.8 Å². The Labute approximate surface area is 131 Å². The monoisotopic (exact) mass is 301 g/mol. The number of methoxy groups -OCH3 is 1. The molecule has 3 rings (SSSR count). The highest BCUT2D eigenvalue weighted by Crippen LogP contribution is 2.26. The van der Waals surface area contributed by atoms with Crippen molar-refractivity contribution in [3.05, 3.63) is 11.8 Å². The van der Waals surface area contributed by atoms with Crippen LogP contribution in [-0.4, -0.2) is 35.3 Å². The summed E-state index contributed by atoms with van der Waals surface area (Å²) in [5.41, 5.74) is 0.514. The zero-order valence-electron chi connectivity index (χ0n) is 13.0. The van der Waals surface area contributed by atoms with E-state index < -0.39 is 0 Å². The van der Waals surface area contributed by atoms with Crippen molar-refractivity contribution in [1.82, 2.24) is 9.97 Å². The van der Waals surface area contributed by atoms with Gasteiger partial charge in [-0.3, -0.25) is 0 Å². The van der Waals surface area contributed by atoms with Gasteiger partial charge in [0.15, 0.2) is 0 Å². The standard InChI is InChI=1S/C16H23N5O/c1-22-14-7-5-13(6-8-14)20-16-18-10-11(9-17)15(21-16)19-12-3-2-4-12/h10,12-14H,2-8H2,1H3,(H2,18,19,20,21). The minimum absolute atomic E-state index is 0.385. The zero-order chi connectivity index (χ0) is 15.4. The van der Waals surface area contributed by atoms with Gasteiger partial charge in [-0.25, -0.2) is 4.98 Å². The maximum atomic E-state index is 9.19. The molecule has 1 aromatic heterocycles. The summed E-state index contributed by atoms with van der Waals surface area (Å²) in [5.74, 6) is 1.27. The molecular formula is C16H23N5O. The van der Waals surface area contributed by atoms with E-state index in [0.717, 1.165) is 38.5 Å². The van der Waals surface area contributed by atoms with E-state index in [1.165, 1.54) is 6.42 Å². The Morgan fingerprint density at radius 2 is 1.86 bits per heavy atom. The molecule has 2 saturated carbocycles. The number of anilines is 2. The first-order valence-electron chi connectivity index (χ1n) is 8.11. The van der Waals surface area contributed by atoms with E-state index in [1.807, 2.05) is 0 Å². The van der Waals surface area contributed by atoms with Crippen molar-refractivity contribution in [2.24, 2.45) is 0 Å². The molecule has 0 amide bonds. The molecule has 0 saturated heterocycles. The lowest BCUT2D eigenvalue weighted by molar-refractivity contribution is 0.0681. The van der Waals surface area contributed by atoms with E-state index in [0.29, 0.717) is 35.5 Å². The largest absolute Gasteiger partial charge is 0.381 e. The Bertz CT molecular complexity index is 544. The maximum Gasteiger partial charge on any atom is 0.224 e. The van der Waals surface area contributed by atoms with Crippen LogP contribution < -0.4 is 10.6 Å². The third-order valence-electron chi connectivity index (χ3n) is 4.70. The van der Waals surface area contributed by atoms with Crippen LogP contribution in [0.25, 0.3) is 0 Å². The van der Waals surface area contributed by atoms with Crippen molar-refractivity contribution in [1.29, 1.82) is 5.26 Å². The number of nitrogens with zero attached hydrogens (tertiary/aromatic N) is 3. The highest BCUT2D eigenvalue weighted by Gasteiger charge is 2.22. The van der Waals surface area contributed by atoms with Gasteiger partial charge in [0.1, 0.15) is 17.5 Å². The molecule has 0 radical (unpaired) electrons. The Balaban J connectivity index is 1.63. The van der Waals surface area contributed by atoms with Gasteiger partial charge in [0.25, 0.3) is 0 Å². The van der Waals surface area contributed by atoms with Gasteiger partial charge < -0.3 is 15.4 Å². The van der Waals surface area contributed by atoms with Gasteiger partial charge in [0.05, 0.1) is 12.3 Å². The second-order valence-corrected chi connectivity index (χ2v) is 6.19. The molecule has 2 N–H and O–H groups in total. The molecule has 22 heavy (non-hydrogen) atoms. The molecule has 1 heterocycles. The Kier molecular flexibility index (Phi) is 4.74. The van der Waals surface area contributed by atoms with E-state index in [2.05, 4.69) is 26.7 Å². The summed E-state index contributed by atoms with van der Waals surface area (Å²) in [6.45, 7) is 0. The van der Waals surface area contributed by atoms with Crippen LogP contribution in [-0.2, 0) is 4.74 Å². The van der Waals surface area contributed by atoms with Crippen molar-refractivity contribution in [3.8, 4) is 6.07 Å². The molecule has 0 unspecified atom stereocenters. The third kappa shape index (κ3) is 3.47. The van der Waals surface area contributed by atoms with Crippen LogP contribution in [0.3, 0.4) is 0 Å². The quantitative estimate of drug-likeness (QED) is 0.870. The molecular weight excluding hydrogens is 278 g/mol. The second kappa shape index (κ2) is 6.93. The van der Waals surface area contributed by atoms with Crippen molar-refractivity contribution in [2.75, 3.05) is 17.7 Å². The lowest BCUT2D eigenvalue weighted by atomic mass is 9.93. The molecule has 0 aromatic carbocycles. The Hall–Kier alpha value is -1.87. The molecule has 6 nitrogen and oxygen atoms in total. The average molecular weight is 301 g/mol. The lowest BCUT2D eigenvalue weighted by Gasteiger charge is -2.29. The fraction of sp³-hybridized carbons (Fsp3) is 0.688. The molecule has 0 aliphatic heterocycles. The predicted octanol–water partition coefficient (Wildman–Crippen LogP) is 2.68. The first-order chi connectivity index (χ1) is 10.8. The normalized spacial score (nSPS) is 25.1. The van der Waals surface area contributed by atoms with Gasteiger partial charge in [-0.15, -0.1) is 0 Å². The smallest absolute Gasteiger partial charge is 0.224 e. The van der Waals surface area contributed by atoms with Gasteiger partial charge in [-0.05, 0) is 44.9 Å². The Morgan fingerprint density at radius 1 is 1.14 bits per heavy atom. The second-order valence-electron chi connectivity index (χ2n) is 6.19. The molecule has 0 atom stereocenters. The topological polar surface area (TPSA) is 82.9 Å². The van der Waals surface area contributed by atoms with Crippen molar-refractivity contribution < 1.29 is 4.74 Å². The van der Waals surface area contributed by atoms with Crippen LogP contribution in [0.15, 0.2) is 6.20 Å². The predicted molar refractivity (Wildman–Crippen MR) is 84.7 cm³/mol. The van der Waals surface area contributed by atoms with E-state index >= 15 is 0 Å². The number of nitrogens with one attached hydrogen (secondary N) is 2. The summed E-state index contributed by atoms with van der Waals surface area (Å²) >= 11 is 0. The summed E-state index contributed by atoms with van der Waals surface area (Å²) < 4.78 is 5.40. The minimum Gasteiger partial charge on any atom is -0.381 e. The molecule has 1 aromatic rings. The highest BCUT2D eigenvalue weighted by molar-refractivity contribution is 5.54. The van der Waals surface area contributed by atoms with Crippen molar-refractivity contribution in [2.45, 2.75) is 63.1 Å². The zero-order valence-corrected chi connectivity index (χ0v) is 13.0. The summed E-state index contributed by atoms with van der Waals surface area (Å²) in [5, 5.41) is 15.9. The van der Waals surface area contributed by atoms with E-state index in [4.69, 9.17) is 4.74 Å². The van der Waals surface area contributed by atoms with Gasteiger partial charge in [-0.1, -0.05) is 0 Å². The average Bonchev–Trinajstić information content (AvgIpc) is 2.52. The molecule has 2 aliphatic rings. The summed E-state index contributed by atoms with van der Waals surface area (Å²) in [7, 11) is 1.78. The molecule has 0 spiro atoms. The highest BCUT2D eigenvalue weighted by atomic mass is 16.5. The fourth-order valence-electron chi connectivity index (χ4n) is 3.01. The first kappa shape index (κ1) is 15.0. The summed E-state index contributed by atoms with van der Waals surface area (Å²) in [4.78, 5) is 8.79. The minimum atomic E-state index is 0.385. The number of nitriles is 1. The number of hydrogen-bond donors (Lipinski definition) is 2. The number of hydrogen-bond acceptors (Lipinski definition) is 6. The van der Waals surface area contributed by atoms with E-state index in [9.17, 15) is 5.26 Å². The molecule has 118 valence electrons. The van der Waals surface area contributed by atoms with Crippen LogP contribution >= 0.6 is 0 Å². The maximum absolute atomic E-state index is 9.19. The van der Waals surface area contributed by atoms with Gasteiger partial charge in [0, 0.05) is 19.2 Å². The Morgan fingerprint density at radius 3 is 2.45 bits per heavy atom. The van der Waals surface area contributed by atoms with Crippen molar-refractivity contribution in [3.63, 3.8) is 0 Å². The molecule has 6 heteroatoms. The number of ether oxygens (including phenoxy) is 1. The molecule has 2 aliphatic carbocycles. The first-order valence-corrected chi connectivity index (χ1v) is 8.11. The van der Waals surface area contributed by atoms with E-state index in [1.54, 1.807) is 13.3 Å². The van der Waals surface area contributed by atoms with E-state index in [-0.39, 0.29) is 0 Å². The third-order valence-corrected chi connectivity index (χ3v) is 4.70. The fourth-order valence-corrected chi connectivity index (χ4v) is 3.01. The number of aromatic nitrogens is 2. The lowest BCUT2D eigenvalue weighted by Crippen LogP contribution is -2.30.